The van der Waals surface area contributed by atoms with E-state index in [0.29, 0.717) is 0 Å². The summed E-state index contributed by atoms with van der Waals surface area (Å²) in [5.74, 6) is 1.01. The van der Waals surface area contributed by atoms with E-state index < -0.39 is 0 Å². The SMILES string of the molecule is C=CC(CSc1ccccc1)=C(C)C. The van der Waals surface area contributed by atoms with Gasteiger partial charge in [-0.1, -0.05) is 36.4 Å². The average molecular weight is 204 g/mol. The number of benzene rings is 1. The summed E-state index contributed by atoms with van der Waals surface area (Å²) in [6.45, 7) is 8.08. The fourth-order valence-electron chi connectivity index (χ4n) is 1.09. The van der Waals surface area contributed by atoms with Crippen molar-refractivity contribution in [2.45, 2.75) is 18.7 Å². The van der Waals surface area contributed by atoms with Gasteiger partial charge in [-0.25, -0.2) is 0 Å². The molecule has 1 heteroatoms. The quantitative estimate of drug-likeness (QED) is 0.520. The number of allylic oxidation sites excluding steroid dienone is 2. The maximum absolute atomic E-state index is 3.82. The standard InChI is InChI=1S/C13H16S/c1-4-12(11(2)3)10-14-13-8-6-5-7-9-13/h4-9H,1,10H2,2-3H3. The second-order valence-corrected chi connectivity index (χ2v) is 4.38. The Labute approximate surface area is 90.7 Å². The molecular weight excluding hydrogens is 188 g/mol. The molecule has 0 N–H and O–H groups in total. The predicted octanol–water partition coefficient (Wildman–Crippen LogP) is 4.30. The fourth-order valence-corrected chi connectivity index (χ4v) is 2.16. The fraction of sp³-hybridized carbons (Fsp3) is 0.231. The van der Waals surface area contributed by atoms with Crippen LogP contribution in [0.1, 0.15) is 13.8 Å². The average Bonchev–Trinajstić information content (AvgIpc) is 2.20. The van der Waals surface area contributed by atoms with Crippen molar-refractivity contribution in [3.05, 3.63) is 54.1 Å². The Morgan fingerprint density at radius 2 is 1.93 bits per heavy atom. The van der Waals surface area contributed by atoms with Crippen LogP contribution in [0.2, 0.25) is 0 Å². The van der Waals surface area contributed by atoms with Gasteiger partial charge in [-0.05, 0) is 31.6 Å². The van der Waals surface area contributed by atoms with Crippen LogP contribution in [0.4, 0.5) is 0 Å². The first-order valence-corrected chi connectivity index (χ1v) is 5.69. The minimum atomic E-state index is 1.01. The first-order valence-electron chi connectivity index (χ1n) is 4.70. The molecule has 0 amide bonds. The number of hydrogen-bond donors (Lipinski definition) is 0. The molecule has 0 nitrogen and oxygen atoms in total. The lowest BCUT2D eigenvalue weighted by Crippen LogP contribution is -1.86. The van der Waals surface area contributed by atoms with Crippen LogP contribution < -0.4 is 0 Å². The second kappa shape index (κ2) is 5.71. The van der Waals surface area contributed by atoms with Gasteiger partial charge in [-0.3, -0.25) is 0 Å². The molecule has 1 rings (SSSR count). The summed E-state index contributed by atoms with van der Waals surface area (Å²) in [7, 11) is 0. The topological polar surface area (TPSA) is 0 Å². The van der Waals surface area contributed by atoms with Crippen LogP contribution in [0.15, 0.2) is 59.0 Å². The van der Waals surface area contributed by atoms with Crippen molar-refractivity contribution in [1.29, 1.82) is 0 Å². The molecule has 0 spiro atoms. The Balaban J connectivity index is 2.57. The molecule has 0 bridgehead atoms. The highest BCUT2D eigenvalue weighted by molar-refractivity contribution is 7.99. The minimum absolute atomic E-state index is 1.01. The van der Waals surface area contributed by atoms with Gasteiger partial charge in [0.1, 0.15) is 0 Å². The summed E-state index contributed by atoms with van der Waals surface area (Å²) in [5.41, 5.74) is 2.68. The first kappa shape index (κ1) is 11.1. The molecule has 0 saturated heterocycles. The summed E-state index contributed by atoms with van der Waals surface area (Å²) in [6.07, 6.45) is 1.95. The summed E-state index contributed by atoms with van der Waals surface area (Å²) in [5, 5.41) is 0. The molecule has 0 radical (unpaired) electrons. The molecule has 1 aromatic carbocycles. The van der Waals surface area contributed by atoms with Crippen LogP contribution >= 0.6 is 11.8 Å². The maximum Gasteiger partial charge on any atom is 0.0231 e. The van der Waals surface area contributed by atoms with Crippen LogP contribution in [0.25, 0.3) is 0 Å². The van der Waals surface area contributed by atoms with E-state index in [-0.39, 0.29) is 0 Å². The molecule has 0 aromatic heterocycles. The molecule has 0 fully saturated rings. The van der Waals surface area contributed by atoms with Gasteiger partial charge in [-0.15, -0.1) is 11.8 Å². The van der Waals surface area contributed by atoms with Crippen molar-refractivity contribution < 1.29 is 0 Å². The highest BCUT2D eigenvalue weighted by Crippen LogP contribution is 2.21. The van der Waals surface area contributed by atoms with Gasteiger partial charge in [-0.2, -0.15) is 0 Å². The van der Waals surface area contributed by atoms with Crippen molar-refractivity contribution in [2.24, 2.45) is 0 Å². The van der Waals surface area contributed by atoms with Gasteiger partial charge in [0.25, 0.3) is 0 Å². The second-order valence-electron chi connectivity index (χ2n) is 3.33. The Hall–Kier alpha value is -0.950. The monoisotopic (exact) mass is 204 g/mol. The van der Waals surface area contributed by atoms with Crippen LogP contribution in [-0.2, 0) is 0 Å². The lowest BCUT2D eigenvalue weighted by atomic mass is 10.2. The van der Waals surface area contributed by atoms with Crippen LogP contribution in [-0.4, -0.2) is 5.75 Å². The molecule has 0 aliphatic carbocycles. The zero-order valence-electron chi connectivity index (χ0n) is 8.79. The van der Waals surface area contributed by atoms with Crippen LogP contribution in [0, 0.1) is 0 Å². The third-order valence-corrected chi connectivity index (χ3v) is 3.09. The Kier molecular flexibility index (Phi) is 4.54. The van der Waals surface area contributed by atoms with E-state index in [2.05, 4.69) is 44.7 Å². The molecule has 14 heavy (non-hydrogen) atoms. The van der Waals surface area contributed by atoms with Crippen molar-refractivity contribution in [3.8, 4) is 0 Å². The van der Waals surface area contributed by atoms with Crippen LogP contribution in [0.5, 0.6) is 0 Å². The highest BCUT2D eigenvalue weighted by Gasteiger charge is 1.96. The third-order valence-electron chi connectivity index (χ3n) is 2.03. The van der Waals surface area contributed by atoms with Gasteiger partial charge in [0, 0.05) is 10.6 Å². The van der Waals surface area contributed by atoms with E-state index in [9.17, 15) is 0 Å². The normalized spacial score (nSPS) is 9.57. The molecule has 0 aliphatic rings. The molecule has 0 aliphatic heterocycles. The van der Waals surface area contributed by atoms with E-state index in [1.165, 1.54) is 16.0 Å². The summed E-state index contributed by atoms with van der Waals surface area (Å²) in [6, 6.07) is 10.4. The van der Waals surface area contributed by atoms with E-state index in [4.69, 9.17) is 0 Å². The van der Waals surface area contributed by atoms with E-state index >= 15 is 0 Å². The van der Waals surface area contributed by atoms with E-state index in [0.717, 1.165) is 5.75 Å². The van der Waals surface area contributed by atoms with Gasteiger partial charge < -0.3 is 0 Å². The molecule has 0 heterocycles. The van der Waals surface area contributed by atoms with Gasteiger partial charge >= 0.3 is 0 Å². The molecular formula is C13H16S. The molecule has 0 atom stereocenters. The smallest absolute Gasteiger partial charge is 0.0231 e. The highest BCUT2D eigenvalue weighted by atomic mass is 32.2. The number of hydrogen-bond acceptors (Lipinski definition) is 1. The Morgan fingerprint density at radius 3 is 2.43 bits per heavy atom. The third kappa shape index (κ3) is 3.43. The predicted molar refractivity (Wildman–Crippen MR) is 65.7 cm³/mol. The lowest BCUT2D eigenvalue weighted by molar-refractivity contribution is 1.30. The lowest BCUT2D eigenvalue weighted by Gasteiger charge is -2.04. The molecule has 0 unspecified atom stereocenters. The largest absolute Gasteiger partial charge is 0.121 e. The molecule has 0 saturated carbocycles. The first-order chi connectivity index (χ1) is 6.74. The summed E-state index contributed by atoms with van der Waals surface area (Å²) in [4.78, 5) is 1.31. The van der Waals surface area contributed by atoms with Crippen molar-refractivity contribution >= 4 is 11.8 Å². The van der Waals surface area contributed by atoms with Gasteiger partial charge in [0.2, 0.25) is 0 Å². The Bertz CT molecular complexity index is 318. The maximum atomic E-state index is 3.82. The number of thioether (sulfide) groups is 1. The zero-order chi connectivity index (χ0) is 10.4. The Morgan fingerprint density at radius 1 is 1.29 bits per heavy atom. The summed E-state index contributed by atoms with van der Waals surface area (Å²) >= 11 is 1.85. The molecule has 1 aromatic rings. The van der Waals surface area contributed by atoms with Crippen LogP contribution in [0.3, 0.4) is 0 Å². The van der Waals surface area contributed by atoms with Crippen molar-refractivity contribution in [3.63, 3.8) is 0 Å². The van der Waals surface area contributed by atoms with Gasteiger partial charge in [0.05, 0.1) is 0 Å². The number of rotatable bonds is 4. The van der Waals surface area contributed by atoms with Gasteiger partial charge in [0.15, 0.2) is 0 Å². The zero-order valence-corrected chi connectivity index (χ0v) is 9.60. The van der Waals surface area contributed by atoms with E-state index in [1.54, 1.807) is 0 Å². The van der Waals surface area contributed by atoms with Crippen molar-refractivity contribution in [2.75, 3.05) is 5.75 Å². The minimum Gasteiger partial charge on any atom is -0.121 e. The van der Waals surface area contributed by atoms with Crippen molar-refractivity contribution in [1.82, 2.24) is 0 Å². The van der Waals surface area contributed by atoms with E-state index in [1.807, 2.05) is 23.9 Å². The summed E-state index contributed by atoms with van der Waals surface area (Å²) < 4.78 is 0. The molecule has 74 valence electrons.